The normalized spacial score (nSPS) is 35.1. The van der Waals surface area contributed by atoms with Gasteiger partial charge in [0.05, 0.1) is 11.5 Å². The molecule has 42 heavy (non-hydrogen) atoms. The summed E-state index contributed by atoms with van der Waals surface area (Å²) in [6, 6.07) is 6.94. The number of ether oxygens (including phenoxy) is 1. The Morgan fingerprint density at radius 3 is 2.43 bits per heavy atom. The molecule has 1 aromatic rings. The Labute approximate surface area is 255 Å². The molecule has 4 aliphatic carbocycles. The molecular formula is C36H54O5S. The first-order valence-electron chi connectivity index (χ1n) is 16.7. The minimum absolute atomic E-state index is 0.136. The highest BCUT2D eigenvalue weighted by atomic mass is 32.2. The smallest absolute Gasteiger partial charge is 0.302 e. The minimum Gasteiger partial charge on any atom is -0.462 e. The van der Waals surface area contributed by atoms with Gasteiger partial charge in [-0.05, 0) is 105 Å². The number of allylic oxidation sites excluding steroid dienone is 1. The van der Waals surface area contributed by atoms with E-state index in [4.69, 9.17) is 8.92 Å². The van der Waals surface area contributed by atoms with Crippen LogP contribution in [0.1, 0.15) is 111 Å². The van der Waals surface area contributed by atoms with Gasteiger partial charge in [0.15, 0.2) is 0 Å². The summed E-state index contributed by atoms with van der Waals surface area (Å²) in [5.41, 5.74) is 2.32. The third-order valence-electron chi connectivity index (χ3n) is 12.1. The lowest BCUT2D eigenvalue weighted by molar-refractivity contribution is -0.149. The van der Waals surface area contributed by atoms with Crippen molar-refractivity contribution in [2.24, 2.45) is 46.3 Å². The van der Waals surface area contributed by atoms with Crippen LogP contribution in [0.4, 0.5) is 0 Å². The van der Waals surface area contributed by atoms with Gasteiger partial charge in [-0.3, -0.25) is 8.98 Å². The molecule has 0 amide bonds. The molecule has 1 aromatic carbocycles. The minimum atomic E-state index is -3.88. The predicted octanol–water partition coefficient (Wildman–Crippen LogP) is 8.65. The van der Waals surface area contributed by atoms with Crippen molar-refractivity contribution in [2.75, 3.05) is 6.61 Å². The van der Waals surface area contributed by atoms with Gasteiger partial charge >= 0.3 is 5.97 Å². The molecule has 6 heteroatoms. The summed E-state index contributed by atoms with van der Waals surface area (Å²) >= 11 is 0. The second kappa shape index (κ2) is 12.4. The maximum atomic E-state index is 13.4. The van der Waals surface area contributed by atoms with Gasteiger partial charge in [-0.25, -0.2) is 0 Å². The lowest BCUT2D eigenvalue weighted by atomic mass is 9.46. The molecule has 0 spiro atoms. The number of hydrogen-bond donors (Lipinski definition) is 0. The Balaban J connectivity index is 1.40. The topological polar surface area (TPSA) is 69.7 Å². The van der Waals surface area contributed by atoms with Crippen LogP contribution in [0.15, 0.2) is 40.8 Å². The summed E-state index contributed by atoms with van der Waals surface area (Å²) in [6.07, 6.45) is 14.5. The highest BCUT2D eigenvalue weighted by molar-refractivity contribution is 7.86. The lowest BCUT2D eigenvalue weighted by Crippen LogP contribution is -2.54. The van der Waals surface area contributed by atoms with Crippen molar-refractivity contribution in [1.82, 2.24) is 0 Å². The van der Waals surface area contributed by atoms with Crippen LogP contribution in [0.3, 0.4) is 0 Å². The maximum absolute atomic E-state index is 13.4. The molecule has 8 atom stereocenters. The van der Waals surface area contributed by atoms with Gasteiger partial charge in [-0.2, -0.15) is 8.42 Å². The summed E-state index contributed by atoms with van der Waals surface area (Å²) in [6.45, 7) is 13.4. The zero-order chi connectivity index (χ0) is 30.3. The van der Waals surface area contributed by atoms with Crippen molar-refractivity contribution in [3.63, 3.8) is 0 Å². The van der Waals surface area contributed by atoms with Crippen molar-refractivity contribution in [3.8, 4) is 0 Å². The molecule has 0 unspecified atom stereocenters. The van der Waals surface area contributed by atoms with E-state index in [1.165, 1.54) is 51.0 Å². The average molecular weight is 599 g/mol. The van der Waals surface area contributed by atoms with E-state index in [1.54, 1.807) is 12.1 Å². The van der Waals surface area contributed by atoms with Crippen LogP contribution in [0, 0.1) is 53.3 Å². The third-order valence-corrected chi connectivity index (χ3v) is 13.4. The number of fused-ring (bicyclic) bond motifs is 5. The van der Waals surface area contributed by atoms with E-state index in [9.17, 15) is 13.2 Å². The van der Waals surface area contributed by atoms with Gasteiger partial charge in [0.2, 0.25) is 0 Å². The van der Waals surface area contributed by atoms with Crippen molar-refractivity contribution in [2.45, 2.75) is 123 Å². The summed E-state index contributed by atoms with van der Waals surface area (Å²) < 4.78 is 38.5. The van der Waals surface area contributed by atoms with Gasteiger partial charge < -0.3 is 4.74 Å². The molecular weight excluding hydrogens is 544 g/mol. The Bertz CT molecular complexity index is 1250. The molecule has 234 valence electrons. The molecule has 3 fully saturated rings. The fourth-order valence-corrected chi connectivity index (χ4v) is 11.0. The van der Waals surface area contributed by atoms with Gasteiger partial charge in [0, 0.05) is 18.8 Å². The van der Waals surface area contributed by atoms with E-state index >= 15 is 0 Å². The summed E-state index contributed by atoms with van der Waals surface area (Å²) in [5, 5.41) is 0. The van der Waals surface area contributed by atoms with Crippen molar-refractivity contribution in [3.05, 3.63) is 41.5 Å². The summed E-state index contributed by atoms with van der Waals surface area (Å²) in [7, 11) is -3.88. The summed E-state index contributed by atoms with van der Waals surface area (Å²) in [4.78, 5) is 12.0. The van der Waals surface area contributed by atoms with E-state index < -0.39 is 10.1 Å². The largest absolute Gasteiger partial charge is 0.462 e. The maximum Gasteiger partial charge on any atom is 0.302 e. The molecule has 4 aliphatic rings. The average Bonchev–Trinajstić information content (AvgIpc) is 3.29. The lowest BCUT2D eigenvalue weighted by Gasteiger charge is -2.59. The first kappa shape index (κ1) is 31.8. The molecule has 0 N–H and O–H groups in total. The highest BCUT2D eigenvalue weighted by Crippen LogP contribution is 2.67. The van der Waals surface area contributed by atoms with Gasteiger partial charge in [-0.15, -0.1) is 0 Å². The highest BCUT2D eigenvalue weighted by Gasteiger charge is 2.60. The Morgan fingerprint density at radius 1 is 1.00 bits per heavy atom. The van der Waals surface area contributed by atoms with Crippen LogP contribution in [0.5, 0.6) is 0 Å². The molecule has 5 rings (SSSR count). The number of rotatable bonds is 10. The van der Waals surface area contributed by atoms with Crippen LogP contribution in [0.2, 0.25) is 0 Å². The van der Waals surface area contributed by atoms with Gasteiger partial charge in [-0.1, -0.05) is 76.3 Å². The second-order valence-corrected chi connectivity index (χ2v) is 16.6. The first-order valence-corrected chi connectivity index (χ1v) is 18.1. The Morgan fingerprint density at radius 2 is 1.74 bits per heavy atom. The van der Waals surface area contributed by atoms with Crippen LogP contribution in [0.25, 0.3) is 0 Å². The molecule has 0 heterocycles. The van der Waals surface area contributed by atoms with E-state index in [-0.39, 0.29) is 29.0 Å². The molecule has 3 saturated carbocycles. The predicted molar refractivity (Wildman–Crippen MR) is 167 cm³/mol. The number of benzene rings is 1. The molecule has 5 nitrogen and oxygen atoms in total. The van der Waals surface area contributed by atoms with Crippen LogP contribution >= 0.6 is 0 Å². The van der Waals surface area contributed by atoms with E-state index in [0.717, 1.165) is 49.0 Å². The van der Waals surface area contributed by atoms with Crippen LogP contribution < -0.4 is 0 Å². The van der Waals surface area contributed by atoms with Gasteiger partial charge in [0.1, 0.15) is 6.10 Å². The van der Waals surface area contributed by atoms with E-state index in [1.807, 2.05) is 19.1 Å². The SMILES string of the molecule is CC(=O)O[C@@H]1CC[C@@]2(COS(=O)(=O)c3ccc(C)cc3)C(=CC[C@@H]3[C@@H]2CC[C@]2(C)[C@@H]([C@@H](C)CCCC(C)C)CC[C@@H]32)C1. The number of carbonyl (C=O) groups excluding carboxylic acids is 1. The van der Waals surface area contributed by atoms with E-state index in [2.05, 4.69) is 33.8 Å². The number of aryl methyl sites for hydroxylation is 1. The molecule has 0 bridgehead atoms. The first-order chi connectivity index (χ1) is 19.9. The fourth-order valence-electron chi connectivity index (χ4n) is 10.0. The standard InChI is InChI=1S/C36H54O5S/c1-24(2)8-7-9-26(4)32-16-17-33-31-15-12-28-22-29(41-27(5)37)18-21-36(28,34(31)19-20-35(32,33)6)23-40-42(38,39)30-13-10-25(3)11-14-30/h10-14,24,26,29,31-34H,7-9,15-23H2,1-6H3/t26-,29+,31-,32+,33-,34-,35+,36+/m0/s1. The zero-order valence-corrected chi connectivity index (χ0v) is 27.7. The van der Waals surface area contributed by atoms with Crippen molar-refractivity contribution in [1.29, 1.82) is 0 Å². The van der Waals surface area contributed by atoms with Crippen molar-refractivity contribution >= 4 is 16.1 Å². The third kappa shape index (κ3) is 6.14. The van der Waals surface area contributed by atoms with E-state index in [0.29, 0.717) is 29.6 Å². The monoisotopic (exact) mass is 598 g/mol. The number of carbonyl (C=O) groups is 1. The zero-order valence-electron chi connectivity index (χ0n) is 26.9. The molecule has 0 radical (unpaired) electrons. The van der Waals surface area contributed by atoms with Gasteiger partial charge in [0.25, 0.3) is 10.1 Å². The van der Waals surface area contributed by atoms with Crippen LogP contribution in [-0.2, 0) is 23.8 Å². The Hall–Kier alpha value is -1.66. The fraction of sp³-hybridized carbons (Fsp3) is 0.750. The second-order valence-electron chi connectivity index (χ2n) is 15.0. The number of esters is 1. The molecule has 0 saturated heterocycles. The van der Waals surface area contributed by atoms with Crippen molar-refractivity contribution < 1.29 is 22.1 Å². The number of hydrogen-bond acceptors (Lipinski definition) is 5. The quantitative estimate of drug-likeness (QED) is 0.153. The van der Waals surface area contributed by atoms with Crippen LogP contribution in [-0.4, -0.2) is 27.1 Å². The Kier molecular flexibility index (Phi) is 9.36. The summed E-state index contributed by atoms with van der Waals surface area (Å²) in [5.74, 6) is 3.67. The molecule has 0 aromatic heterocycles. The molecule has 0 aliphatic heterocycles.